The van der Waals surface area contributed by atoms with Crippen LogP contribution in [-0.2, 0) is 6.54 Å². The highest BCUT2D eigenvalue weighted by Crippen LogP contribution is 2.15. The van der Waals surface area contributed by atoms with Gasteiger partial charge in [0, 0.05) is 10.6 Å². The van der Waals surface area contributed by atoms with Gasteiger partial charge in [-0.3, -0.25) is 0 Å². The van der Waals surface area contributed by atoms with Crippen molar-refractivity contribution in [3.05, 3.63) is 45.9 Å². The molecule has 3 heteroatoms. The number of anilines is 1. The van der Waals surface area contributed by atoms with E-state index in [-0.39, 0.29) is 0 Å². The van der Waals surface area contributed by atoms with E-state index in [0.717, 1.165) is 12.2 Å². The Morgan fingerprint density at radius 3 is 2.87 bits per heavy atom. The van der Waals surface area contributed by atoms with Crippen molar-refractivity contribution in [2.24, 2.45) is 0 Å². The van der Waals surface area contributed by atoms with Crippen molar-refractivity contribution >= 4 is 17.0 Å². The van der Waals surface area contributed by atoms with Crippen LogP contribution in [0, 0.1) is 13.8 Å². The summed E-state index contributed by atoms with van der Waals surface area (Å²) in [5, 5.41) is 3.40. The Kier molecular flexibility index (Phi) is 3.02. The highest BCUT2D eigenvalue weighted by molar-refractivity contribution is 7.09. The lowest BCUT2D eigenvalue weighted by molar-refractivity contribution is 1.12. The molecule has 0 fully saturated rings. The highest BCUT2D eigenvalue weighted by atomic mass is 32.1. The van der Waals surface area contributed by atoms with Gasteiger partial charge in [0.25, 0.3) is 0 Å². The minimum atomic E-state index is 0.861. The van der Waals surface area contributed by atoms with Crippen LogP contribution in [0.25, 0.3) is 0 Å². The van der Waals surface area contributed by atoms with Crippen LogP contribution in [-0.4, -0.2) is 4.98 Å². The lowest BCUT2D eigenvalue weighted by atomic mass is 10.2. The second-order valence-corrected chi connectivity index (χ2v) is 4.52. The van der Waals surface area contributed by atoms with Crippen molar-refractivity contribution in [2.75, 3.05) is 5.32 Å². The number of aryl methyl sites for hydroxylation is 2. The molecule has 1 heterocycles. The van der Waals surface area contributed by atoms with Crippen LogP contribution >= 0.6 is 11.3 Å². The average molecular weight is 218 g/mol. The summed E-state index contributed by atoms with van der Waals surface area (Å²) in [4.78, 5) is 5.53. The summed E-state index contributed by atoms with van der Waals surface area (Å²) < 4.78 is 0. The van der Waals surface area contributed by atoms with Crippen LogP contribution in [0.2, 0.25) is 0 Å². The van der Waals surface area contributed by atoms with E-state index in [1.807, 2.05) is 12.4 Å². The van der Waals surface area contributed by atoms with Crippen molar-refractivity contribution in [3.8, 4) is 0 Å². The second-order valence-electron chi connectivity index (χ2n) is 3.58. The Morgan fingerprint density at radius 1 is 1.33 bits per heavy atom. The van der Waals surface area contributed by atoms with E-state index in [4.69, 9.17) is 0 Å². The Hall–Kier alpha value is -1.35. The fourth-order valence-electron chi connectivity index (χ4n) is 1.43. The third-order valence-corrected chi connectivity index (χ3v) is 3.25. The van der Waals surface area contributed by atoms with Gasteiger partial charge in [-0.15, -0.1) is 11.3 Å². The van der Waals surface area contributed by atoms with Crippen LogP contribution in [0.3, 0.4) is 0 Å². The molecule has 0 radical (unpaired) electrons. The van der Waals surface area contributed by atoms with Gasteiger partial charge in [-0.05, 0) is 31.5 Å². The van der Waals surface area contributed by atoms with E-state index in [2.05, 4.69) is 41.5 Å². The van der Waals surface area contributed by atoms with E-state index in [1.165, 1.54) is 16.1 Å². The molecular formula is C12H14N2S. The first-order valence-electron chi connectivity index (χ1n) is 4.95. The number of nitrogens with one attached hydrogen (secondary N) is 1. The predicted octanol–water partition coefficient (Wildman–Crippen LogP) is 3.37. The molecule has 0 bridgehead atoms. The van der Waals surface area contributed by atoms with Gasteiger partial charge in [0.05, 0.1) is 17.7 Å². The van der Waals surface area contributed by atoms with Crippen molar-refractivity contribution in [2.45, 2.75) is 20.4 Å². The zero-order valence-electron chi connectivity index (χ0n) is 8.95. The molecule has 0 unspecified atom stereocenters. The highest BCUT2D eigenvalue weighted by Gasteiger charge is 2.00. The van der Waals surface area contributed by atoms with E-state index < -0.39 is 0 Å². The molecule has 0 aliphatic carbocycles. The minimum Gasteiger partial charge on any atom is -0.380 e. The first-order chi connectivity index (χ1) is 7.25. The molecule has 2 aromatic rings. The standard InChI is InChI=1S/C12H14N2S/c1-9-4-3-5-11(6-9)13-7-12-10(2)14-8-15-12/h3-6,8,13H,7H2,1-2H3. The first-order valence-corrected chi connectivity index (χ1v) is 5.83. The van der Waals surface area contributed by atoms with Gasteiger partial charge in [0.15, 0.2) is 0 Å². The number of thiazole rings is 1. The molecule has 0 atom stereocenters. The number of benzene rings is 1. The molecule has 78 valence electrons. The van der Waals surface area contributed by atoms with E-state index >= 15 is 0 Å². The second kappa shape index (κ2) is 4.45. The lowest BCUT2D eigenvalue weighted by Gasteiger charge is -2.05. The molecule has 2 nitrogen and oxygen atoms in total. The van der Waals surface area contributed by atoms with Crippen LogP contribution in [0.15, 0.2) is 29.8 Å². The topological polar surface area (TPSA) is 24.9 Å². The van der Waals surface area contributed by atoms with E-state index in [1.54, 1.807) is 11.3 Å². The number of aromatic nitrogens is 1. The smallest absolute Gasteiger partial charge is 0.0798 e. The average Bonchev–Trinajstić information content (AvgIpc) is 2.61. The summed E-state index contributed by atoms with van der Waals surface area (Å²) >= 11 is 1.70. The van der Waals surface area contributed by atoms with Crippen LogP contribution in [0.5, 0.6) is 0 Å². The Bertz CT molecular complexity index is 448. The molecule has 0 saturated heterocycles. The quantitative estimate of drug-likeness (QED) is 0.854. The van der Waals surface area contributed by atoms with Gasteiger partial charge in [-0.25, -0.2) is 4.98 Å². The molecule has 0 aliphatic heterocycles. The van der Waals surface area contributed by atoms with E-state index in [0.29, 0.717) is 0 Å². The maximum atomic E-state index is 4.22. The summed E-state index contributed by atoms with van der Waals surface area (Å²) in [6.07, 6.45) is 0. The molecule has 1 aromatic heterocycles. The van der Waals surface area contributed by atoms with Crippen molar-refractivity contribution in [1.82, 2.24) is 4.98 Å². The van der Waals surface area contributed by atoms with Gasteiger partial charge in [0.2, 0.25) is 0 Å². The maximum Gasteiger partial charge on any atom is 0.0798 e. The van der Waals surface area contributed by atoms with Crippen molar-refractivity contribution in [3.63, 3.8) is 0 Å². The van der Waals surface area contributed by atoms with E-state index in [9.17, 15) is 0 Å². The fraction of sp³-hybridized carbons (Fsp3) is 0.250. The fourth-order valence-corrected chi connectivity index (χ4v) is 2.15. The van der Waals surface area contributed by atoms with Gasteiger partial charge >= 0.3 is 0 Å². The van der Waals surface area contributed by atoms with Gasteiger partial charge in [-0.2, -0.15) is 0 Å². The number of hydrogen-bond acceptors (Lipinski definition) is 3. The monoisotopic (exact) mass is 218 g/mol. The third-order valence-electron chi connectivity index (χ3n) is 2.32. The third kappa shape index (κ3) is 2.57. The van der Waals surface area contributed by atoms with Crippen molar-refractivity contribution < 1.29 is 0 Å². The Balaban J connectivity index is 2.02. The number of hydrogen-bond donors (Lipinski definition) is 1. The van der Waals surface area contributed by atoms with Crippen LogP contribution in [0.4, 0.5) is 5.69 Å². The maximum absolute atomic E-state index is 4.22. The molecule has 0 aliphatic rings. The van der Waals surface area contributed by atoms with Gasteiger partial charge in [-0.1, -0.05) is 12.1 Å². The Morgan fingerprint density at radius 2 is 2.20 bits per heavy atom. The molecule has 1 aromatic carbocycles. The number of rotatable bonds is 3. The minimum absolute atomic E-state index is 0.861. The lowest BCUT2D eigenvalue weighted by Crippen LogP contribution is -1.98. The summed E-state index contributed by atoms with van der Waals surface area (Å²) in [7, 11) is 0. The zero-order chi connectivity index (χ0) is 10.7. The van der Waals surface area contributed by atoms with Gasteiger partial charge < -0.3 is 5.32 Å². The molecule has 0 saturated carbocycles. The summed E-state index contributed by atoms with van der Waals surface area (Å²) in [6.45, 7) is 5.01. The molecule has 2 rings (SSSR count). The SMILES string of the molecule is Cc1cccc(NCc2scnc2C)c1. The largest absolute Gasteiger partial charge is 0.380 e. The summed E-state index contributed by atoms with van der Waals surface area (Å²) in [5.41, 5.74) is 5.46. The van der Waals surface area contributed by atoms with Crippen LogP contribution < -0.4 is 5.32 Å². The number of nitrogens with zero attached hydrogens (tertiary/aromatic N) is 1. The molecule has 0 amide bonds. The zero-order valence-corrected chi connectivity index (χ0v) is 9.77. The molecule has 1 N–H and O–H groups in total. The molecular weight excluding hydrogens is 204 g/mol. The van der Waals surface area contributed by atoms with Gasteiger partial charge in [0.1, 0.15) is 0 Å². The summed E-state index contributed by atoms with van der Waals surface area (Å²) in [5.74, 6) is 0. The molecule has 0 spiro atoms. The molecule has 15 heavy (non-hydrogen) atoms. The van der Waals surface area contributed by atoms with Crippen LogP contribution in [0.1, 0.15) is 16.1 Å². The summed E-state index contributed by atoms with van der Waals surface area (Å²) in [6, 6.07) is 8.40. The van der Waals surface area contributed by atoms with Crippen molar-refractivity contribution in [1.29, 1.82) is 0 Å². The predicted molar refractivity (Wildman–Crippen MR) is 65.4 cm³/mol. The first kappa shape index (κ1) is 10.2. The Labute approximate surface area is 94.0 Å². The normalized spacial score (nSPS) is 10.3.